The first kappa shape index (κ1) is 13.7. The third-order valence-electron chi connectivity index (χ3n) is 1.95. The topological polar surface area (TPSA) is 48.1 Å². The first-order valence-electron chi connectivity index (χ1n) is 4.89. The normalized spacial score (nSPS) is 11.9. The van der Waals surface area contributed by atoms with Crippen molar-refractivity contribution in [2.45, 2.75) is 18.8 Å². The molecule has 0 aliphatic rings. The van der Waals surface area contributed by atoms with Gasteiger partial charge in [-0.3, -0.25) is 4.98 Å². The van der Waals surface area contributed by atoms with E-state index in [0.717, 1.165) is 0 Å². The lowest BCUT2D eigenvalue weighted by molar-refractivity contribution is -0.148. The van der Waals surface area contributed by atoms with Gasteiger partial charge in [-0.1, -0.05) is 0 Å². The van der Waals surface area contributed by atoms with E-state index in [-0.39, 0.29) is 5.75 Å². The van der Waals surface area contributed by atoms with Crippen molar-refractivity contribution in [3.63, 3.8) is 0 Å². The van der Waals surface area contributed by atoms with Crippen LogP contribution in [-0.4, -0.2) is 30.5 Å². The molecule has 0 saturated heterocycles. The van der Waals surface area contributed by atoms with Crippen LogP contribution in [0, 0.1) is 0 Å². The van der Waals surface area contributed by atoms with Crippen LogP contribution in [0.25, 0.3) is 0 Å². The smallest absolute Gasteiger partial charge is 0.340 e. The van der Waals surface area contributed by atoms with Gasteiger partial charge >= 0.3 is 12.3 Å². The van der Waals surface area contributed by atoms with Crippen molar-refractivity contribution < 1.29 is 22.3 Å². The Kier molecular flexibility index (Phi) is 4.68. The maximum absolute atomic E-state index is 12.5. The number of hydrogen-bond acceptors (Lipinski definition) is 3. The van der Waals surface area contributed by atoms with E-state index >= 15 is 0 Å². The van der Waals surface area contributed by atoms with Gasteiger partial charge in [-0.15, -0.1) is 0 Å². The molecule has 96 valence electrons. The summed E-state index contributed by atoms with van der Waals surface area (Å²) in [6.45, 7) is -0.959. The highest BCUT2D eigenvalue weighted by molar-refractivity contribution is 5.20. The second-order valence-corrected chi connectivity index (χ2v) is 3.37. The molecule has 0 aliphatic carbocycles. The lowest BCUT2D eigenvalue weighted by atomic mass is 10.3. The molecular weight excluding hydrogens is 240 g/mol. The van der Waals surface area contributed by atoms with Gasteiger partial charge in [0.2, 0.25) is 0 Å². The molecule has 1 heterocycles. The average molecular weight is 252 g/mol. The summed E-state index contributed by atoms with van der Waals surface area (Å²) in [6.07, 6.45) is -1.99. The Morgan fingerprint density at radius 2 is 2.06 bits per heavy atom. The highest BCUT2D eigenvalue weighted by atomic mass is 19.3. The number of aromatic nitrogens is 1. The van der Waals surface area contributed by atoms with Crippen LogP contribution >= 0.6 is 0 Å². The summed E-state index contributed by atoms with van der Waals surface area (Å²) in [6, 6.07) is 2.93. The number of alkyl halides is 4. The Morgan fingerprint density at radius 3 is 2.53 bits per heavy atom. The summed E-state index contributed by atoms with van der Waals surface area (Å²) in [5.74, 6) is -4.14. The standard InChI is InChI=1S/C10H12F4N2O/c11-9(12)10(13,14)6-17-8-2-1-7(3-4-15)16-5-8/h1-2,5,9H,3-4,6,15H2. The number of pyridine rings is 1. The first-order valence-corrected chi connectivity index (χ1v) is 4.89. The Hall–Kier alpha value is -1.37. The van der Waals surface area contributed by atoms with E-state index in [9.17, 15) is 17.6 Å². The largest absolute Gasteiger partial charge is 0.485 e. The third-order valence-corrected chi connectivity index (χ3v) is 1.95. The second kappa shape index (κ2) is 5.81. The summed E-state index contributed by atoms with van der Waals surface area (Å²) in [5.41, 5.74) is 5.97. The van der Waals surface area contributed by atoms with Crippen molar-refractivity contribution in [2.75, 3.05) is 13.2 Å². The minimum Gasteiger partial charge on any atom is -0.485 e. The lowest BCUT2D eigenvalue weighted by Crippen LogP contribution is -2.33. The van der Waals surface area contributed by atoms with Gasteiger partial charge in [0.25, 0.3) is 0 Å². The predicted octanol–water partition coefficient (Wildman–Crippen LogP) is 1.86. The summed E-state index contributed by atoms with van der Waals surface area (Å²) in [5, 5.41) is 0. The van der Waals surface area contributed by atoms with Crippen LogP contribution in [-0.2, 0) is 6.42 Å². The summed E-state index contributed by atoms with van der Waals surface area (Å²) in [7, 11) is 0. The zero-order valence-electron chi connectivity index (χ0n) is 8.88. The van der Waals surface area contributed by atoms with E-state index in [1.54, 1.807) is 6.07 Å². The van der Waals surface area contributed by atoms with E-state index in [2.05, 4.69) is 9.72 Å². The number of nitrogens with zero attached hydrogens (tertiary/aromatic N) is 1. The molecule has 0 unspecified atom stereocenters. The van der Waals surface area contributed by atoms with Crippen molar-refractivity contribution in [1.82, 2.24) is 4.98 Å². The van der Waals surface area contributed by atoms with Gasteiger partial charge in [0.05, 0.1) is 6.20 Å². The quantitative estimate of drug-likeness (QED) is 0.786. The highest BCUT2D eigenvalue weighted by Crippen LogP contribution is 2.24. The SMILES string of the molecule is NCCc1ccc(OCC(F)(F)C(F)F)cn1. The van der Waals surface area contributed by atoms with Gasteiger partial charge in [0.15, 0.2) is 6.61 Å². The molecule has 0 saturated carbocycles. The molecular formula is C10H12F4N2O. The second-order valence-electron chi connectivity index (χ2n) is 3.37. The van der Waals surface area contributed by atoms with E-state index in [0.29, 0.717) is 18.7 Å². The average Bonchev–Trinajstić information content (AvgIpc) is 2.28. The molecule has 0 radical (unpaired) electrons. The summed E-state index contributed by atoms with van der Waals surface area (Å²) >= 11 is 0. The fourth-order valence-corrected chi connectivity index (χ4v) is 1.03. The van der Waals surface area contributed by atoms with Crippen LogP contribution in [0.1, 0.15) is 5.69 Å². The van der Waals surface area contributed by atoms with Gasteiger partial charge in [-0.2, -0.15) is 8.78 Å². The van der Waals surface area contributed by atoms with E-state index in [1.165, 1.54) is 12.3 Å². The monoisotopic (exact) mass is 252 g/mol. The molecule has 0 spiro atoms. The molecule has 1 aromatic rings. The van der Waals surface area contributed by atoms with Crippen molar-refractivity contribution >= 4 is 0 Å². The number of ether oxygens (including phenoxy) is 1. The van der Waals surface area contributed by atoms with Crippen LogP contribution in [0.2, 0.25) is 0 Å². The van der Waals surface area contributed by atoms with Crippen LogP contribution < -0.4 is 10.5 Å². The van der Waals surface area contributed by atoms with Gasteiger partial charge < -0.3 is 10.5 Å². The van der Waals surface area contributed by atoms with E-state index in [1.807, 2.05) is 0 Å². The zero-order valence-corrected chi connectivity index (χ0v) is 8.88. The van der Waals surface area contributed by atoms with Crippen LogP contribution in [0.4, 0.5) is 17.6 Å². The molecule has 0 aliphatic heterocycles. The Morgan fingerprint density at radius 1 is 1.35 bits per heavy atom. The number of nitrogens with two attached hydrogens (primary N) is 1. The van der Waals surface area contributed by atoms with Gasteiger partial charge in [0, 0.05) is 12.1 Å². The molecule has 0 aromatic carbocycles. The fourth-order valence-electron chi connectivity index (χ4n) is 1.03. The van der Waals surface area contributed by atoms with E-state index in [4.69, 9.17) is 5.73 Å². The lowest BCUT2D eigenvalue weighted by Gasteiger charge is -2.15. The Bertz CT molecular complexity index is 343. The molecule has 7 heteroatoms. The minimum atomic E-state index is -4.16. The number of hydrogen-bond donors (Lipinski definition) is 1. The van der Waals surface area contributed by atoms with Gasteiger partial charge in [-0.25, -0.2) is 8.78 Å². The zero-order chi connectivity index (χ0) is 12.9. The van der Waals surface area contributed by atoms with Gasteiger partial charge in [-0.05, 0) is 18.7 Å². The summed E-state index contributed by atoms with van der Waals surface area (Å²) in [4.78, 5) is 3.88. The molecule has 0 bridgehead atoms. The molecule has 3 nitrogen and oxygen atoms in total. The first-order chi connectivity index (χ1) is 7.95. The van der Waals surface area contributed by atoms with Crippen LogP contribution in [0.3, 0.4) is 0 Å². The summed E-state index contributed by atoms with van der Waals surface area (Å²) < 4.78 is 53.2. The molecule has 17 heavy (non-hydrogen) atoms. The van der Waals surface area contributed by atoms with Crippen molar-refractivity contribution in [1.29, 1.82) is 0 Å². The predicted molar refractivity (Wildman–Crippen MR) is 53.4 cm³/mol. The van der Waals surface area contributed by atoms with Gasteiger partial charge in [0.1, 0.15) is 5.75 Å². The fraction of sp³-hybridized carbons (Fsp3) is 0.500. The third kappa shape index (κ3) is 4.18. The Balaban J connectivity index is 2.52. The highest BCUT2D eigenvalue weighted by Gasteiger charge is 2.41. The molecule has 0 amide bonds. The van der Waals surface area contributed by atoms with E-state index < -0.39 is 19.0 Å². The van der Waals surface area contributed by atoms with Crippen molar-refractivity contribution in [3.05, 3.63) is 24.0 Å². The number of halogens is 4. The maximum atomic E-state index is 12.5. The molecule has 1 rings (SSSR count). The molecule has 0 fully saturated rings. The van der Waals surface area contributed by atoms with Crippen molar-refractivity contribution in [3.8, 4) is 5.75 Å². The maximum Gasteiger partial charge on any atom is 0.340 e. The molecule has 2 N–H and O–H groups in total. The Labute approximate surface area is 95.6 Å². The molecule has 0 atom stereocenters. The van der Waals surface area contributed by atoms with Crippen LogP contribution in [0.5, 0.6) is 5.75 Å². The van der Waals surface area contributed by atoms with Crippen molar-refractivity contribution in [2.24, 2.45) is 5.73 Å². The van der Waals surface area contributed by atoms with Crippen LogP contribution in [0.15, 0.2) is 18.3 Å². The minimum absolute atomic E-state index is 0.0195. The molecule has 1 aromatic heterocycles. The number of rotatable bonds is 6.